The van der Waals surface area contributed by atoms with Gasteiger partial charge in [-0.3, -0.25) is 14.5 Å². The molecule has 1 atom stereocenters. The molecular formula is C24H14Cl2N2O6S2. The molecule has 0 aliphatic carbocycles. The Labute approximate surface area is 221 Å². The van der Waals surface area contributed by atoms with Gasteiger partial charge in [0.15, 0.2) is 5.13 Å². The number of ketones is 1. The number of benzene rings is 2. The van der Waals surface area contributed by atoms with Gasteiger partial charge in [-0.25, -0.2) is 9.78 Å². The molecule has 4 aromatic rings. The van der Waals surface area contributed by atoms with Gasteiger partial charge in [-0.05, 0) is 41.8 Å². The average molecular weight is 561 g/mol. The summed E-state index contributed by atoms with van der Waals surface area (Å²) in [6.07, 6.45) is 0. The molecule has 1 aliphatic heterocycles. The molecule has 2 aromatic heterocycles. The monoisotopic (exact) mass is 560 g/mol. The molecule has 0 radical (unpaired) electrons. The second-order valence-electron chi connectivity index (χ2n) is 7.64. The van der Waals surface area contributed by atoms with Crippen molar-refractivity contribution in [3.8, 4) is 5.75 Å². The molecule has 1 saturated heterocycles. The summed E-state index contributed by atoms with van der Waals surface area (Å²) < 4.78 is 5.86. The number of amides is 1. The predicted octanol–water partition coefficient (Wildman–Crippen LogP) is 6.00. The molecule has 2 aromatic carbocycles. The number of hydrogen-bond donors (Lipinski definition) is 2. The fraction of sp³-hybridized carbons (Fsp3) is 0.0833. The number of nitrogens with zero attached hydrogens (tertiary/aromatic N) is 2. The van der Waals surface area contributed by atoms with Crippen molar-refractivity contribution in [1.82, 2.24) is 4.98 Å². The predicted molar refractivity (Wildman–Crippen MR) is 139 cm³/mol. The molecule has 3 heterocycles. The van der Waals surface area contributed by atoms with Crippen LogP contribution in [0.5, 0.6) is 5.75 Å². The lowest BCUT2D eigenvalue weighted by atomic mass is 9.99. The van der Waals surface area contributed by atoms with Gasteiger partial charge in [0.25, 0.3) is 5.78 Å². The summed E-state index contributed by atoms with van der Waals surface area (Å²) in [6, 6.07) is 9.73. The lowest BCUT2D eigenvalue weighted by molar-refractivity contribution is -0.132. The quantitative estimate of drug-likeness (QED) is 0.174. The van der Waals surface area contributed by atoms with Crippen LogP contribution in [-0.4, -0.2) is 40.0 Å². The number of carboxylic acids is 1. The number of aromatic nitrogens is 1. The Morgan fingerprint density at radius 1 is 1.14 bits per heavy atom. The van der Waals surface area contributed by atoms with Crippen LogP contribution in [0.4, 0.5) is 5.13 Å². The number of thiazole rings is 1. The van der Waals surface area contributed by atoms with Crippen molar-refractivity contribution in [3.63, 3.8) is 0 Å². The second-order valence-corrected chi connectivity index (χ2v) is 10.5. The maximum Gasteiger partial charge on any atom is 0.335 e. The van der Waals surface area contributed by atoms with E-state index >= 15 is 0 Å². The largest absolute Gasteiger partial charge is 0.507 e. The zero-order valence-corrected chi connectivity index (χ0v) is 21.3. The molecule has 5 rings (SSSR count). The lowest BCUT2D eigenvalue weighted by Gasteiger charge is -2.21. The number of thiophene rings is 1. The molecule has 1 unspecified atom stereocenters. The first kappa shape index (κ1) is 24.3. The van der Waals surface area contributed by atoms with E-state index in [1.165, 1.54) is 53.7 Å². The molecule has 1 aliphatic rings. The highest BCUT2D eigenvalue weighted by atomic mass is 35.5. The van der Waals surface area contributed by atoms with E-state index in [4.69, 9.17) is 27.9 Å². The minimum absolute atomic E-state index is 0.0601. The minimum atomic E-state index is -1.10. The fourth-order valence-corrected chi connectivity index (χ4v) is 6.41. The van der Waals surface area contributed by atoms with Crippen LogP contribution in [0.1, 0.15) is 26.8 Å². The van der Waals surface area contributed by atoms with E-state index in [0.29, 0.717) is 15.1 Å². The Balaban J connectivity index is 1.73. The Hall–Kier alpha value is -3.44. The summed E-state index contributed by atoms with van der Waals surface area (Å²) in [4.78, 5) is 44.3. The highest BCUT2D eigenvalue weighted by Crippen LogP contribution is 2.47. The highest BCUT2D eigenvalue weighted by Gasteiger charge is 2.49. The van der Waals surface area contributed by atoms with E-state index in [1.54, 1.807) is 17.5 Å². The molecule has 182 valence electrons. The molecule has 0 spiro atoms. The normalized spacial score (nSPS) is 17.2. The topological polar surface area (TPSA) is 117 Å². The van der Waals surface area contributed by atoms with Crippen molar-refractivity contribution in [2.75, 3.05) is 12.0 Å². The van der Waals surface area contributed by atoms with E-state index in [9.17, 15) is 24.6 Å². The van der Waals surface area contributed by atoms with Crippen molar-refractivity contribution in [2.24, 2.45) is 0 Å². The zero-order valence-electron chi connectivity index (χ0n) is 18.2. The summed E-state index contributed by atoms with van der Waals surface area (Å²) in [6.45, 7) is 0. The minimum Gasteiger partial charge on any atom is -0.507 e. The third kappa shape index (κ3) is 3.92. The Kier molecular flexibility index (Phi) is 6.21. The number of ether oxygens (including phenoxy) is 1. The van der Waals surface area contributed by atoms with Crippen LogP contribution < -0.4 is 9.64 Å². The first-order valence-electron chi connectivity index (χ1n) is 10.2. The molecule has 36 heavy (non-hydrogen) atoms. The number of halogens is 2. The maximum atomic E-state index is 13.3. The first-order chi connectivity index (χ1) is 17.2. The van der Waals surface area contributed by atoms with Gasteiger partial charge >= 0.3 is 11.9 Å². The molecule has 2 N–H and O–H groups in total. The van der Waals surface area contributed by atoms with E-state index in [1.807, 2.05) is 0 Å². The number of aliphatic hydroxyl groups excluding tert-OH is 1. The number of carboxylic acid groups (broad SMARTS) is 1. The van der Waals surface area contributed by atoms with E-state index in [0.717, 1.165) is 11.3 Å². The molecule has 0 bridgehead atoms. The number of aliphatic hydroxyl groups is 1. The van der Waals surface area contributed by atoms with E-state index in [-0.39, 0.29) is 37.6 Å². The summed E-state index contributed by atoms with van der Waals surface area (Å²) in [7, 11) is 1.35. The Morgan fingerprint density at radius 3 is 2.58 bits per heavy atom. The van der Waals surface area contributed by atoms with Crippen molar-refractivity contribution in [3.05, 3.63) is 79.5 Å². The Morgan fingerprint density at radius 2 is 1.92 bits per heavy atom. The van der Waals surface area contributed by atoms with E-state index in [2.05, 4.69) is 4.98 Å². The number of rotatable bonds is 5. The van der Waals surface area contributed by atoms with Gasteiger partial charge in [0.1, 0.15) is 17.6 Å². The van der Waals surface area contributed by atoms with Crippen LogP contribution >= 0.6 is 45.9 Å². The van der Waals surface area contributed by atoms with Gasteiger partial charge in [-0.1, -0.05) is 40.6 Å². The zero-order chi connectivity index (χ0) is 25.7. The van der Waals surface area contributed by atoms with Crippen molar-refractivity contribution in [1.29, 1.82) is 0 Å². The van der Waals surface area contributed by atoms with Crippen LogP contribution in [-0.2, 0) is 9.59 Å². The van der Waals surface area contributed by atoms with Crippen molar-refractivity contribution < 1.29 is 29.3 Å². The number of methoxy groups -OCH3 is 1. The van der Waals surface area contributed by atoms with Gasteiger partial charge < -0.3 is 14.9 Å². The first-order valence-corrected chi connectivity index (χ1v) is 12.7. The third-order valence-electron chi connectivity index (χ3n) is 5.55. The number of carbonyl (C=O) groups excluding carboxylic acids is 2. The molecule has 12 heteroatoms. The summed E-state index contributed by atoms with van der Waals surface area (Å²) in [5, 5.41) is 22.9. The van der Waals surface area contributed by atoms with Crippen LogP contribution in [0.2, 0.25) is 10.0 Å². The van der Waals surface area contributed by atoms with Crippen LogP contribution in [0.15, 0.2) is 53.4 Å². The summed E-state index contributed by atoms with van der Waals surface area (Å²) in [5.74, 6) is -3.31. The van der Waals surface area contributed by atoms with Crippen LogP contribution in [0, 0.1) is 0 Å². The number of carbonyl (C=O) groups is 3. The number of fused-ring (bicyclic) bond motifs is 1. The summed E-state index contributed by atoms with van der Waals surface area (Å²) >= 11 is 14.7. The Bertz CT molecular complexity index is 1600. The molecule has 0 saturated carbocycles. The van der Waals surface area contributed by atoms with Gasteiger partial charge in [0.05, 0.1) is 39.0 Å². The molecule has 1 amide bonds. The van der Waals surface area contributed by atoms with E-state index < -0.39 is 29.5 Å². The smallest absolute Gasteiger partial charge is 0.335 e. The van der Waals surface area contributed by atoms with Crippen LogP contribution in [0.3, 0.4) is 0 Å². The standard InChI is InChI=1S/C24H14Cl2N2O6S2/c1-34-21-12(8-11(25)9-13(21)26)19(29)17-18(15-3-2-6-35-15)28(22(31)20(17)30)24-27-14-5-4-10(23(32)33)7-16(14)36-24/h2-9,18,29H,1H3,(H,32,33)/b19-17+. The fourth-order valence-electron chi connectivity index (χ4n) is 3.98. The number of hydrogen-bond acceptors (Lipinski definition) is 8. The second kappa shape index (κ2) is 9.21. The van der Waals surface area contributed by atoms with Gasteiger partial charge in [0, 0.05) is 9.90 Å². The van der Waals surface area contributed by atoms with Crippen LogP contribution in [0.25, 0.3) is 16.0 Å². The lowest BCUT2D eigenvalue weighted by Crippen LogP contribution is -2.28. The van der Waals surface area contributed by atoms with Crippen molar-refractivity contribution >= 4 is 84.6 Å². The van der Waals surface area contributed by atoms with Gasteiger partial charge in [-0.15, -0.1) is 11.3 Å². The van der Waals surface area contributed by atoms with Gasteiger partial charge in [0.2, 0.25) is 0 Å². The summed E-state index contributed by atoms with van der Waals surface area (Å²) in [5.41, 5.74) is 0.420. The molecule has 1 fully saturated rings. The van der Waals surface area contributed by atoms with Gasteiger partial charge in [-0.2, -0.15) is 0 Å². The SMILES string of the molecule is COc1c(Cl)cc(Cl)cc1/C(O)=C1\C(=O)C(=O)N(c2nc3ccc(C(=O)O)cc3s2)C1c1cccs1. The van der Waals surface area contributed by atoms with Crippen molar-refractivity contribution in [2.45, 2.75) is 6.04 Å². The number of aromatic carboxylic acids is 1. The third-order valence-corrected chi connectivity index (χ3v) is 8.00. The number of anilines is 1. The highest BCUT2D eigenvalue weighted by molar-refractivity contribution is 7.22. The average Bonchev–Trinajstić information content (AvgIpc) is 3.56. The number of Topliss-reactive ketones (excluding diaryl/α,β-unsaturated/α-hetero) is 1. The molecular weight excluding hydrogens is 547 g/mol. The molecule has 8 nitrogen and oxygen atoms in total. The maximum absolute atomic E-state index is 13.3.